The number of benzene rings is 2. The van der Waals surface area contributed by atoms with Crippen LogP contribution in [0.1, 0.15) is 0 Å². The van der Waals surface area contributed by atoms with E-state index in [1.807, 2.05) is 0 Å². The predicted octanol–water partition coefficient (Wildman–Crippen LogP) is 3.65. The van der Waals surface area contributed by atoms with E-state index >= 15 is 0 Å². The number of aromatic nitrogens is 1. The van der Waals surface area contributed by atoms with Crippen molar-refractivity contribution in [3.8, 4) is 11.5 Å². The zero-order valence-electron chi connectivity index (χ0n) is 9.56. The molecule has 94 valence electrons. The van der Waals surface area contributed by atoms with Crippen LogP contribution in [-0.2, 0) is 0 Å². The molecule has 0 saturated carbocycles. The van der Waals surface area contributed by atoms with Crippen molar-refractivity contribution < 1.29 is 8.81 Å². The molecule has 0 fully saturated rings. The summed E-state index contributed by atoms with van der Waals surface area (Å²) in [6.07, 6.45) is 0. The van der Waals surface area contributed by atoms with Gasteiger partial charge in [0.25, 0.3) is 0 Å². The summed E-state index contributed by atoms with van der Waals surface area (Å²) in [6, 6.07) is 10.5. The summed E-state index contributed by atoms with van der Waals surface area (Å²) < 4.78 is 18.0. The summed E-state index contributed by atoms with van der Waals surface area (Å²) in [5, 5.41) is 0.541. The van der Waals surface area contributed by atoms with Gasteiger partial charge in [-0.25, -0.2) is 14.2 Å². The van der Waals surface area contributed by atoms with Gasteiger partial charge in [-0.15, -0.1) is 0 Å². The quantitative estimate of drug-likeness (QED) is 0.681. The molecule has 1 heterocycles. The molecule has 0 spiro atoms. The summed E-state index contributed by atoms with van der Waals surface area (Å²) >= 11 is 5.93. The molecule has 3 nitrogen and oxygen atoms in total. The van der Waals surface area contributed by atoms with Gasteiger partial charge < -0.3 is 4.42 Å². The van der Waals surface area contributed by atoms with E-state index in [-0.39, 0.29) is 17.1 Å². The van der Waals surface area contributed by atoms with Gasteiger partial charge in [-0.2, -0.15) is 0 Å². The summed E-state index contributed by atoms with van der Waals surface area (Å²) in [5.74, 6) is -0.227. The van der Waals surface area contributed by atoms with Crippen molar-refractivity contribution in [2.45, 2.75) is 0 Å². The summed E-state index contributed by atoms with van der Waals surface area (Å²) in [4.78, 5) is 16.1. The minimum Gasteiger partial charge on any atom is -0.403 e. The minimum absolute atomic E-state index is 0.139. The Hall–Kier alpha value is -2.20. The second-order valence-corrected chi connectivity index (χ2v) is 4.35. The molecule has 0 unspecified atom stereocenters. The molecule has 0 aliphatic heterocycles. The predicted molar refractivity (Wildman–Crippen MR) is 70.7 cm³/mol. The fourth-order valence-corrected chi connectivity index (χ4v) is 2.04. The van der Waals surface area contributed by atoms with Gasteiger partial charge in [0.2, 0.25) is 5.89 Å². The third-order valence-electron chi connectivity index (χ3n) is 2.70. The van der Waals surface area contributed by atoms with Crippen LogP contribution in [-0.4, -0.2) is 4.98 Å². The molecular weight excluding hydrogens is 269 g/mol. The molecule has 1 aromatic heterocycles. The molecule has 0 radical (unpaired) electrons. The number of halogens is 2. The summed E-state index contributed by atoms with van der Waals surface area (Å²) in [5.41, 5.74) is 0.415. The number of rotatable bonds is 1. The number of fused-ring (bicyclic) bond motifs is 1. The second-order valence-electron chi connectivity index (χ2n) is 3.95. The first-order valence-electron chi connectivity index (χ1n) is 5.50. The number of hydrogen-bond donors (Lipinski definition) is 0. The Morgan fingerprint density at radius 1 is 1.11 bits per heavy atom. The molecule has 0 aliphatic rings. The van der Waals surface area contributed by atoms with Crippen molar-refractivity contribution in [1.82, 2.24) is 4.98 Å². The maximum absolute atomic E-state index is 12.9. The largest absolute Gasteiger partial charge is 0.403 e. The Labute approximate surface area is 112 Å². The van der Waals surface area contributed by atoms with E-state index in [9.17, 15) is 9.18 Å². The van der Waals surface area contributed by atoms with Crippen LogP contribution in [0, 0.1) is 5.82 Å². The zero-order chi connectivity index (χ0) is 13.4. The van der Waals surface area contributed by atoms with Gasteiger partial charge >= 0.3 is 5.63 Å². The standard InChI is InChI=1S/C14H7ClFNO2/c15-10-2-1-3-11-12(10)14(18)19-13(17-11)8-4-6-9(16)7-5-8/h1-7H. The molecule has 0 bridgehead atoms. The SMILES string of the molecule is O=c1oc(-c2ccc(F)cc2)nc2cccc(Cl)c12. The first-order valence-corrected chi connectivity index (χ1v) is 5.88. The third kappa shape index (κ3) is 2.11. The molecule has 3 aromatic rings. The van der Waals surface area contributed by atoms with Crippen molar-refractivity contribution in [3.63, 3.8) is 0 Å². The highest BCUT2D eigenvalue weighted by Crippen LogP contribution is 2.22. The molecule has 0 aliphatic carbocycles. The molecule has 0 N–H and O–H groups in total. The lowest BCUT2D eigenvalue weighted by atomic mass is 10.2. The Morgan fingerprint density at radius 3 is 2.58 bits per heavy atom. The first-order chi connectivity index (χ1) is 9.15. The van der Waals surface area contributed by atoms with Crippen molar-refractivity contribution in [2.75, 3.05) is 0 Å². The molecule has 19 heavy (non-hydrogen) atoms. The van der Waals surface area contributed by atoms with Crippen LogP contribution in [0.3, 0.4) is 0 Å². The van der Waals surface area contributed by atoms with Gasteiger partial charge in [0.05, 0.1) is 10.5 Å². The lowest BCUT2D eigenvalue weighted by molar-refractivity contribution is 0.518. The van der Waals surface area contributed by atoms with Crippen LogP contribution in [0.4, 0.5) is 4.39 Å². The fraction of sp³-hybridized carbons (Fsp3) is 0. The van der Waals surface area contributed by atoms with Crippen LogP contribution < -0.4 is 5.63 Å². The van der Waals surface area contributed by atoms with Gasteiger partial charge in [0.15, 0.2) is 0 Å². The van der Waals surface area contributed by atoms with Crippen LogP contribution in [0.15, 0.2) is 51.7 Å². The first kappa shape index (κ1) is 11.9. The third-order valence-corrected chi connectivity index (χ3v) is 3.01. The number of hydrogen-bond acceptors (Lipinski definition) is 3. The zero-order valence-corrected chi connectivity index (χ0v) is 10.3. The van der Waals surface area contributed by atoms with Crippen molar-refractivity contribution in [3.05, 3.63) is 63.7 Å². The minimum atomic E-state index is -0.560. The van der Waals surface area contributed by atoms with Gasteiger partial charge in [-0.3, -0.25) is 0 Å². The topological polar surface area (TPSA) is 43.1 Å². The Morgan fingerprint density at radius 2 is 1.84 bits per heavy atom. The van der Waals surface area contributed by atoms with E-state index in [1.54, 1.807) is 18.2 Å². The van der Waals surface area contributed by atoms with Crippen LogP contribution in [0.25, 0.3) is 22.4 Å². The molecule has 2 aromatic carbocycles. The van der Waals surface area contributed by atoms with E-state index in [4.69, 9.17) is 16.0 Å². The van der Waals surface area contributed by atoms with Crippen LogP contribution in [0.2, 0.25) is 5.02 Å². The maximum Gasteiger partial charge on any atom is 0.348 e. The van der Waals surface area contributed by atoms with Crippen molar-refractivity contribution >= 4 is 22.5 Å². The summed E-state index contributed by atoms with van der Waals surface area (Å²) in [6.45, 7) is 0. The average Bonchev–Trinajstić information content (AvgIpc) is 2.39. The van der Waals surface area contributed by atoms with Gasteiger partial charge in [0, 0.05) is 5.56 Å². The van der Waals surface area contributed by atoms with E-state index in [2.05, 4.69) is 4.98 Å². The average molecular weight is 276 g/mol. The Kier molecular flexibility index (Phi) is 2.80. The molecular formula is C14H7ClFNO2. The molecule has 3 rings (SSSR count). The molecule has 0 atom stereocenters. The lowest BCUT2D eigenvalue weighted by Gasteiger charge is -2.02. The van der Waals surface area contributed by atoms with E-state index < -0.39 is 5.63 Å². The molecule has 0 amide bonds. The van der Waals surface area contributed by atoms with Crippen LogP contribution in [0.5, 0.6) is 0 Å². The van der Waals surface area contributed by atoms with Crippen LogP contribution >= 0.6 is 11.6 Å². The lowest BCUT2D eigenvalue weighted by Crippen LogP contribution is -2.03. The van der Waals surface area contributed by atoms with E-state index in [0.717, 1.165) is 0 Å². The smallest absolute Gasteiger partial charge is 0.348 e. The van der Waals surface area contributed by atoms with Crippen molar-refractivity contribution in [1.29, 1.82) is 0 Å². The number of nitrogens with zero attached hydrogens (tertiary/aromatic N) is 1. The Bertz CT molecular complexity index is 812. The van der Waals surface area contributed by atoms with Gasteiger partial charge in [-0.1, -0.05) is 17.7 Å². The fourth-order valence-electron chi connectivity index (χ4n) is 1.79. The normalized spacial score (nSPS) is 10.8. The Balaban J connectivity index is 2.27. The highest BCUT2D eigenvalue weighted by Gasteiger charge is 2.10. The van der Waals surface area contributed by atoms with E-state index in [0.29, 0.717) is 16.1 Å². The maximum atomic E-state index is 12.9. The van der Waals surface area contributed by atoms with Gasteiger partial charge in [0.1, 0.15) is 11.2 Å². The second kappa shape index (κ2) is 4.48. The monoisotopic (exact) mass is 275 g/mol. The highest BCUT2D eigenvalue weighted by atomic mass is 35.5. The van der Waals surface area contributed by atoms with E-state index in [1.165, 1.54) is 24.3 Å². The summed E-state index contributed by atoms with van der Waals surface area (Å²) in [7, 11) is 0. The van der Waals surface area contributed by atoms with Crippen molar-refractivity contribution in [2.24, 2.45) is 0 Å². The molecule has 5 heteroatoms. The highest BCUT2D eigenvalue weighted by molar-refractivity contribution is 6.35. The van der Waals surface area contributed by atoms with Gasteiger partial charge in [-0.05, 0) is 36.4 Å². The molecule has 0 saturated heterocycles.